The summed E-state index contributed by atoms with van der Waals surface area (Å²) in [6, 6.07) is 0. The lowest BCUT2D eigenvalue weighted by molar-refractivity contribution is 1.01. The molecule has 0 saturated heterocycles. The molecule has 0 bridgehead atoms. The van der Waals surface area contributed by atoms with E-state index in [0.29, 0.717) is 6.54 Å². The molecule has 0 rings (SSSR count). The van der Waals surface area contributed by atoms with E-state index in [1.165, 1.54) is 5.57 Å². The van der Waals surface area contributed by atoms with Gasteiger partial charge in [0.1, 0.15) is 0 Å². The van der Waals surface area contributed by atoms with E-state index < -0.39 is 0 Å². The highest BCUT2D eigenvalue weighted by molar-refractivity contribution is 5.15. The first-order valence-electron chi connectivity index (χ1n) is 3.52. The fourth-order valence-corrected chi connectivity index (χ4v) is 0.600. The fraction of sp³-hybridized carbons (Fsp3) is 0.333. The second-order valence-corrected chi connectivity index (χ2v) is 2.00. The van der Waals surface area contributed by atoms with Gasteiger partial charge in [0.05, 0.1) is 0 Å². The van der Waals surface area contributed by atoms with Crippen LogP contribution >= 0.6 is 0 Å². The molecule has 0 heterocycles. The van der Waals surface area contributed by atoms with Gasteiger partial charge in [0.15, 0.2) is 0 Å². The number of hydrogen-bond donors (Lipinski definition) is 1. The normalized spacial score (nSPS) is 12.4. The molecule has 0 aromatic carbocycles. The Morgan fingerprint density at radius 2 is 2.20 bits per heavy atom. The molecule has 0 spiro atoms. The molecule has 0 aliphatic carbocycles. The molecule has 10 heavy (non-hydrogen) atoms. The van der Waals surface area contributed by atoms with Gasteiger partial charge in [0, 0.05) is 6.54 Å². The predicted molar refractivity (Wildman–Crippen MR) is 46.8 cm³/mol. The summed E-state index contributed by atoms with van der Waals surface area (Å²) in [6.45, 7) is 6.31. The van der Waals surface area contributed by atoms with Gasteiger partial charge in [-0.25, -0.2) is 0 Å². The number of nitrogens with two attached hydrogens (primary N) is 1. The van der Waals surface area contributed by atoms with Gasteiger partial charge >= 0.3 is 0 Å². The Hall–Kier alpha value is -0.820. The lowest BCUT2D eigenvalue weighted by atomic mass is 10.2. The first-order chi connectivity index (χ1) is 4.85. The van der Waals surface area contributed by atoms with Gasteiger partial charge in [-0.2, -0.15) is 0 Å². The Bertz CT molecular complexity index is 137. The Morgan fingerprint density at radius 3 is 2.60 bits per heavy atom. The van der Waals surface area contributed by atoms with Gasteiger partial charge in [-0.3, -0.25) is 0 Å². The maximum atomic E-state index is 5.44. The number of hydrogen-bond acceptors (Lipinski definition) is 1. The Labute approximate surface area is 62.9 Å². The molecule has 0 unspecified atom stereocenters. The zero-order valence-electron chi connectivity index (χ0n) is 6.51. The monoisotopic (exact) mass is 137 g/mol. The standard InChI is InChI=1S/C9H15N/c1-3-5-6-7-9(4-2)8-10/h3,5-7H,1,4,8,10H2,2H3/b6-5-,9-7+. The molecule has 0 aliphatic heterocycles. The summed E-state index contributed by atoms with van der Waals surface area (Å²) in [5.74, 6) is 0. The smallest absolute Gasteiger partial charge is 0.0139 e. The maximum absolute atomic E-state index is 5.44. The second kappa shape index (κ2) is 6.30. The van der Waals surface area contributed by atoms with Gasteiger partial charge in [-0.05, 0) is 6.42 Å². The van der Waals surface area contributed by atoms with Crippen LogP contribution in [0.1, 0.15) is 13.3 Å². The van der Waals surface area contributed by atoms with Crippen LogP contribution in [0.15, 0.2) is 36.5 Å². The van der Waals surface area contributed by atoms with Gasteiger partial charge in [-0.15, -0.1) is 0 Å². The van der Waals surface area contributed by atoms with Gasteiger partial charge in [-0.1, -0.05) is 43.4 Å². The van der Waals surface area contributed by atoms with Crippen LogP contribution in [0.2, 0.25) is 0 Å². The Balaban J connectivity index is 3.85. The lowest BCUT2D eigenvalue weighted by Crippen LogP contribution is -2.01. The minimum Gasteiger partial charge on any atom is -0.327 e. The van der Waals surface area contributed by atoms with Crippen LogP contribution in [-0.2, 0) is 0 Å². The third kappa shape index (κ3) is 4.10. The molecule has 0 aromatic rings. The molecule has 1 heteroatoms. The van der Waals surface area contributed by atoms with Gasteiger partial charge in [0.25, 0.3) is 0 Å². The molecule has 0 aromatic heterocycles. The van der Waals surface area contributed by atoms with Crippen LogP contribution in [-0.4, -0.2) is 6.54 Å². The van der Waals surface area contributed by atoms with E-state index in [0.717, 1.165) is 6.42 Å². The lowest BCUT2D eigenvalue weighted by Gasteiger charge is -1.94. The van der Waals surface area contributed by atoms with Crippen molar-refractivity contribution in [1.82, 2.24) is 0 Å². The summed E-state index contributed by atoms with van der Waals surface area (Å²) in [6.07, 6.45) is 8.66. The third-order valence-corrected chi connectivity index (χ3v) is 1.30. The zero-order chi connectivity index (χ0) is 7.82. The molecule has 0 aliphatic rings. The molecular formula is C9H15N. The van der Waals surface area contributed by atoms with Crippen molar-refractivity contribution in [2.24, 2.45) is 5.73 Å². The third-order valence-electron chi connectivity index (χ3n) is 1.30. The summed E-state index contributed by atoms with van der Waals surface area (Å²) in [4.78, 5) is 0. The summed E-state index contributed by atoms with van der Waals surface area (Å²) >= 11 is 0. The van der Waals surface area contributed by atoms with Crippen molar-refractivity contribution in [3.8, 4) is 0 Å². The number of allylic oxidation sites excluding steroid dienone is 4. The van der Waals surface area contributed by atoms with Crippen LogP contribution in [0.3, 0.4) is 0 Å². The first-order valence-corrected chi connectivity index (χ1v) is 3.52. The van der Waals surface area contributed by atoms with Crippen molar-refractivity contribution >= 4 is 0 Å². The average molecular weight is 137 g/mol. The highest BCUT2D eigenvalue weighted by atomic mass is 14.5. The molecule has 1 nitrogen and oxygen atoms in total. The predicted octanol–water partition coefficient (Wildman–Crippen LogP) is 2.02. The van der Waals surface area contributed by atoms with Gasteiger partial charge < -0.3 is 5.73 Å². The second-order valence-electron chi connectivity index (χ2n) is 2.00. The first kappa shape index (κ1) is 9.18. The van der Waals surface area contributed by atoms with E-state index in [-0.39, 0.29) is 0 Å². The zero-order valence-corrected chi connectivity index (χ0v) is 6.51. The SMILES string of the molecule is C=C/C=C\C=C(/CC)CN. The average Bonchev–Trinajstić information content (AvgIpc) is 1.99. The summed E-state index contributed by atoms with van der Waals surface area (Å²) < 4.78 is 0. The Kier molecular flexibility index (Phi) is 5.79. The quantitative estimate of drug-likeness (QED) is 0.589. The largest absolute Gasteiger partial charge is 0.327 e. The highest BCUT2D eigenvalue weighted by Gasteiger charge is 1.84. The van der Waals surface area contributed by atoms with Crippen molar-refractivity contribution in [3.05, 3.63) is 36.5 Å². The van der Waals surface area contributed by atoms with Crippen LogP contribution in [0.4, 0.5) is 0 Å². The van der Waals surface area contributed by atoms with E-state index >= 15 is 0 Å². The van der Waals surface area contributed by atoms with Crippen molar-refractivity contribution in [2.45, 2.75) is 13.3 Å². The molecule has 56 valence electrons. The van der Waals surface area contributed by atoms with E-state index in [9.17, 15) is 0 Å². The molecular weight excluding hydrogens is 122 g/mol. The van der Waals surface area contributed by atoms with Crippen LogP contribution in [0.5, 0.6) is 0 Å². The maximum Gasteiger partial charge on any atom is 0.0139 e. The topological polar surface area (TPSA) is 26.0 Å². The molecule has 0 radical (unpaired) electrons. The minimum atomic E-state index is 0.651. The van der Waals surface area contributed by atoms with E-state index in [2.05, 4.69) is 13.5 Å². The van der Waals surface area contributed by atoms with Crippen LogP contribution < -0.4 is 5.73 Å². The number of rotatable bonds is 4. The van der Waals surface area contributed by atoms with E-state index in [1.54, 1.807) is 6.08 Å². The van der Waals surface area contributed by atoms with E-state index in [1.807, 2.05) is 18.2 Å². The van der Waals surface area contributed by atoms with Crippen LogP contribution in [0.25, 0.3) is 0 Å². The molecule has 0 atom stereocenters. The summed E-state index contributed by atoms with van der Waals surface area (Å²) in [5, 5.41) is 0. The molecule has 0 amide bonds. The van der Waals surface area contributed by atoms with Gasteiger partial charge in [0.2, 0.25) is 0 Å². The van der Waals surface area contributed by atoms with Crippen molar-refractivity contribution in [3.63, 3.8) is 0 Å². The van der Waals surface area contributed by atoms with E-state index in [4.69, 9.17) is 5.73 Å². The van der Waals surface area contributed by atoms with Crippen molar-refractivity contribution in [1.29, 1.82) is 0 Å². The molecule has 0 fully saturated rings. The minimum absolute atomic E-state index is 0.651. The van der Waals surface area contributed by atoms with Crippen LogP contribution in [0, 0.1) is 0 Å². The van der Waals surface area contributed by atoms with Crippen molar-refractivity contribution < 1.29 is 0 Å². The fourth-order valence-electron chi connectivity index (χ4n) is 0.600. The Morgan fingerprint density at radius 1 is 1.50 bits per heavy atom. The molecule has 0 saturated carbocycles. The summed E-state index contributed by atoms with van der Waals surface area (Å²) in [5.41, 5.74) is 6.70. The molecule has 2 N–H and O–H groups in total. The summed E-state index contributed by atoms with van der Waals surface area (Å²) in [7, 11) is 0. The highest BCUT2D eigenvalue weighted by Crippen LogP contribution is 1.96. The van der Waals surface area contributed by atoms with Crippen molar-refractivity contribution in [2.75, 3.05) is 6.54 Å².